The number of hydrogen-bond donors (Lipinski definition) is 0. The Morgan fingerprint density at radius 1 is 0.952 bits per heavy atom. The van der Waals surface area contributed by atoms with E-state index in [9.17, 15) is 22.4 Å². The standard InChI is InChI=1S/C14H6F4O2S/c15-7-1-3-9-12(5-7)21-11-4-2-8(20-14(16,17)18)6-10(11)13(9)19/h1-6H. The maximum atomic E-state index is 13.2. The second-order valence-electron chi connectivity index (χ2n) is 4.28. The van der Waals surface area contributed by atoms with E-state index in [1.54, 1.807) is 0 Å². The fourth-order valence-electron chi connectivity index (χ4n) is 2.00. The van der Waals surface area contributed by atoms with Crippen LogP contribution in [0.4, 0.5) is 17.6 Å². The molecule has 108 valence electrons. The molecule has 0 aliphatic rings. The van der Waals surface area contributed by atoms with E-state index in [-0.39, 0.29) is 10.8 Å². The number of ether oxygens (including phenoxy) is 1. The lowest BCUT2D eigenvalue weighted by molar-refractivity contribution is -0.274. The van der Waals surface area contributed by atoms with Crippen molar-refractivity contribution in [2.45, 2.75) is 6.36 Å². The molecule has 0 spiro atoms. The van der Waals surface area contributed by atoms with E-state index in [0.717, 1.165) is 29.5 Å². The summed E-state index contributed by atoms with van der Waals surface area (Å²) in [6.07, 6.45) is -4.82. The van der Waals surface area contributed by atoms with Gasteiger partial charge in [0, 0.05) is 20.2 Å². The summed E-state index contributed by atoms with van der Waals surface area (Å²) in [7, 11) is 0. The van der Waals surface area contributed by atoms with Crippen LogP contribution in [0.5, 0.6) is 5.75 Å². The molecule has 0 saturated carbocycles. The van der Waals surface area contributed by atoms with E-state index in [4.69, 9.17) is 0 Å². The minimum atomic E-state index is -4.82. The molecule has 7 heteroatoms. The quantitative estimate of drug-likeness (QED) is 0.490. The molecule has 3 rings (SSSR count). The summed E-state index contributed by atoms with van der Waals surface area (Å²) in [5.41, 5.74) is -0.452. The van der Waals surface area contributed by atoms with Gasteiger partial charge in [0.15, 0.2) is 5.43 Å². The molecular weight excluding hydrogens is 308 g/mol. The topological polar surface area (TPSA) is 26.3 Å². The lowest BCUT2D eigenvalue weighted by Gasteiger charge is -2.09. The first kappa shape index (κ1) is 13.8. The fourth-order valence-corrected chi connectivity index (χ4v) is 3.08. The summed E-state index contributed by atoms with van der Waals surface area (Å²) in [6, 6.07) is 7.20. The van der Waals surface area contributed by atoms with Crippen molar-refractivity contribution in [3.8, 4) is 5.75 Å². The molecule has 0 saturated heterocycles. The van der Waals surface area contributed by atoms with Crippen LogP contribution in [0, 0.1) is 5.82 Å². The molecule has 0 fully saturated rings. The molecule has 1 aromatic heterocycles. The van der Waals surface area contributed by atoms with Crippen LogP contribution in [0.25, 0.3) is 20.2 Å². The van der Waals surface area contributed by atoms with Crippen molar-refractivity contribution >= 4 is 31.5 Å². The van der Waals surface area contributed by atoms with Crippen LogP contribution in [-0.2, 0) is 0 Å². The molecule has 0 radical (unpaired) electrons. The number of benzene rings is 2. The Hall–Kier alpha value is -2.15. The highest BCUT2D eigenvalue weighted by atomic mass is 32.1. The van der Waals surface area contributed by atoms with Gasteiger partial charge in [0.05, 0.1) is 0 Å². The Morgan fingerprint density at radius 3 is 2.43 bits per heavy atom. The van der Waals surface area contributed by atoms with Crippen molar-refractivity contribution < 1.29 is 22.3 Å². The van der Waals surface area contributed by atoms with Crippen LogP contribution in [0.15, 0.2) is 41.2 Å². The van der Waals surface area contributed by atoms with Gasteiger partial charge in [-0.05, 0) is 36.4 Å². The maximum absolute atomic E-state index is 13.2. The van der Waals surface area contributed by atoms with Crippen LogP contribution in [0.1, 0.15) is 0 Å². The Morgan fingerprint density at radius 2 is 1.71 bits per heavy atom. The smallest absolute Gasteiger partial charge is 0.406 e. The van der Waals surface area contributed by atoms with Crippen molar-refractivity contribution in [3.05, 3.63) is 52.4 Å². The number of hydrogen-bond acceptors (Lipinski definition) is 3. The zero-order valence-electron chi connectivity index (χ0n) is 10.2. The van der Waals surface area contributed by atoms with Gasteiger partial charge in [0.25, 0.3) is 0 Å². The van der Waals surface area contributed by atoms with E-state index in [2.05, 4.69) is 4.74 Å². The summed E-state index contributed by atoms with van der Waals surface area (Å²) >= 11 is 1.13. The first-order valence-corrected chi connectivity index (χ1v) is 6.57. The summed E-state index contributed by atoms with van der Waals surface area (Å²) in [5, 5.41) is 0.374. The van der Waals surface area contributed by atoms with Crippen LogP contribution in [0.2, 0.25) is 0 Å². The third-order valence-corrected chi connectivity index (χ3v) is 3.97. The highest BCUT2D eigenvalue weighted by molar-refractivity contribution is 7.24. The van der Waals surface area contributed by atoms with Crippen LogP contribution >= 0.6 is 11.3 Å². The first-order chi connectivity index (χ1) is 9.83. The lowest BCUT2D eigenvalue weighted by Crippen LogP contribution is -2.17. The van der Waals surface area contributed by atoms with Crippen molar-refractivity contribution in [1.82, 2.24) is 0 Å². The van der Waals surface area contributed by atoms with Crippen LogP contribution in [0.3, 0.4) is 0 Å². The lowest BCUT2D eigenvalue weighted by atomic mass is 10.2. The molecule has 0 amide bonds. The predicted molar refractivity (Wildman–Crippen MR) is 72.2 cm³/mol. The van der Waals surface area contributed by atoms with Gasteiger partial charge in [-0.3, -0.25) is 4.79 Å². The number of fused-ring (bicyclic) bond motifs is 2. The van der Waals surface area contributed by atoms with Crippen LogP contribution < -0.4 is 10.2 Å². The van der Waals surface area contributed by atoms with E-state index >= 15 is 0 Å². The Labute approximate surface area is 119 Å². The van der Waals surface area contributed by atoms with Crippen molar-refractivity contribution in [3.63, 3.8) is 0 Å². The van der Waals surface area contributed by atoms with Crippen molar-refractivity contribution in [2.75, 3.05) is 0 Å². The van der Waals surface area contributed by atoms with Gasteiger partial charge in [-0.15, -0.1) is 24.5 Å². The Balaban J connectivity index is 2.26. The highest BCUT2D eigenvalue weighted by Gasteiger charge is 2.31. The first-order valence-electron chi connectivity index (χ1n) is 5.75. The molecule has 2 nitrogen and oxygen atoms in total. The van der Waals surface area contributed by atoms with Gasteiger partial charge in [0.1, 0.15) is 11.6 Å². The van der Waals surface area contributed by atoms with Crippen molar-refractivity contribution in [2.24, 2.45) is 0 Å². The minimum absolute atomic E-state index is 0.112. The molecule has 2 aromatic carbocycles. The predicted octanol–water partition coefficient (Wildman–Crippen LogP) is 4.45. The molecular formula is C14H6F4O2S. The van der Waals surface area contributed by atoms with Crippen molar-refractivity contribution in [1.29, 1.82) is 0 Å². The third kappa shape index (κ3) is 2.69. The average Bonchev–Trinajstić information content (AvgIpc) is 2.37. The Kier molecular flexibility index (Phi) is 3.09. The summed E-state index contributed by atoms with van der Waals surface area (Å²) in [6.45, 7) is 0. The largest absolute Gasteiger partial charge is 0.573 e. The molecule has 3 aromatic rings. The van der Waals surface area contributed by atoms with E-state index in [1.165, 1.54) is 18.2 Å². The summed E-state index contributed by atoms with van der Waals surface area (Å²) in [4.78, 5) is 12.3. The van der Waals surface area contributed by atoms with Gasteiger partial charge < -0.3 is 4.74 Å². The second kappa shape index (κ2) is 4.70. The SMILES string of the molecule is O=c1c2ccc(F)cc2sc2ccc(OC(F)(F)F)cc12. The fraction of sp³-hybridized carbons (Fsp3) is 0.0714. The van der Waals surface area contributed by atoms with Crippen LogP contribution in [-0.4, -0.2) is 6.36 Å². The summed E-state index contributed by atoms with van der Waals surface area (Å²) in [5.74, 6) is -0.935. The van der Waals surface area contributed by atoms with E-state index < -0.39 is 23.4 Å². The molecule has 0 aliphatic carbocycles. The average molecular weight is 314 g/mol. The second-order valence-corrected chi connectivity index (χ2v) is 5.36. The van der Waals surface area contributed by atoms with E-state index in [1.807, 2.05) is 0 Å². The number of rotatable bonds is 1. The molecule has 0 aliphatic heterocycles. The highest BCUT2D eigenvalue weighted by Crippen LogP contribution is 2.30. The zero-order chi connectivity index (χ0) is 15.2. The number of alkyl halides is 3. The minimum Gasteiger partial charge on any atom is -0.406 e. The number of halogens is 4. The monoisotopic (exact) mass is 314 g/mol. The molecule has 0 atom stereocenters. The molecule has 0 N–H and O–H groups in total. The zero-order valence-corrected chi connectivity index (χ0v) is 11.0. The molecule has 0 unspecified atom stereocenters. The third-order valence-electron chi connectivity index (χ3n) is 2.84. The van der Waals surface area contributed by atoms with Gasteiger partial charge in [-0.25, -0.2) is 4.39 Å². The summed E-state index contributed by atoms with van der Waals surface area (Å²) < 4.78 is 54.5. The molecule has 21 heavy (non-hydrogen) atoms. The molecule has 1 heterocycles. The van der Waals surface area contributed by atoms with Gasteiger partial charge in [0.2, 0.25) is 0 Å². The maximum Gasteiger partial charge on any atom is 0.573 e. The molecule has 0 bridgehead atoms. The van der Waals surface area contributed by atoms with Gasteiger partial charge >= 0.3 is 6.36 Å². The van der Waals surface area contributed by atoms with Gasteiger partial charge in [-0.2, -0.15) is 0 Å². The Bertz CT molecular complexity index is 899. The van der Waals surface area contributed by atoms with Gasteiger partial charge in [-0.1, -0.05) is 0 Å². The van der Waals surface area contributed by atoms with E-state index in [0.29, 0.717) is 9.40 Å². The normalized spacial score (nSPS) is 12.0.